The average molecular weight is 321 g/mol. The van der Waals surface area contributed by atoms with Gasteiger partial charge in [0.25, 0.3) is 0 Å². The normalized spacial score (nSPS) is 16.1. The van der Waals surface area contributed by atoms with Gasteiger partial charge in [-0.1, -0.05) is 47.7 Å². The van der Waals surface area contributed by atoms with Crippen LogP contribution in [0.5, 0.6) is 11.5 Å². The lowest BCUT2D eigenvalue weighted by Crippen LogP contribution is -2.33. The largest absolute Gasteiger partial charge is 0.486 e. The average Bonchev–Trinajstić information content (AvgIpc) is 3.08. The zero-order valence-corrected chi connectivity index (χ0v) is 13.3. The lowest BCUT2D eigenvalue weighted by Gasteiger charge is -2.26. The minimum absolute atomic E-state index is 0.0522. The van der Waals surface area contributed by atoms with Crippen LogP contribution in [-0.4, -0.2) is 27.7 Å². The van der Waals surface area contributed by atoms with Gasteiger partial charge in [0.2, 0.25) is 0 Å². The van der Waals surface area contributed by atoms with E-state index >= 15 is 0 Å². The van der Waals surface area contributed by atoms with Gasteiger partial charge in [0.05, 0.1) is 12.2 Å². The van der Waals surface area contributed by atoms with Crippen molar-refractivity contribution in [3.8, 4) is 11.5 Å². The molecule has 4 rings (SSSR count). The van der Waals surface area contributed by atoms with E-state index in [1.807, 2.05) is 41.2 Å². The maximum absolute atomic E-state index is 5.96. The summed E-state index contributed by atoms with van der Waals surface area (Å²) >= 11 is 0. The number of para-hydroxylation sites is 2. The van der Waals surface area contributed by atoms with Crippen LogP contribution in [0.25, 0.3) is 0 Å². The summed E-state index contributed by atoms with van der Waals surface area (Å²) < 4.78 is 13.5. The Morgan fingerprint density at radius 3 is 2.62 bits per heavy atom. The molecule has 0 unspecified atom stereocenters. The summed E-state index contributed by atoms with van der Waals surface area (Å²) in [5.41, 5.74) is 2.31. The predicted octanol–water partition coefficient (Wildman–Crippen LogP) is 2.90. The van der Waals surface area contributed by atoms with Crippen LogP contribution in [0, 0.1) is 0 Å². The van der Waals surface area contributed by atoms with Crippen molar-refractivity contribution >= 4 is 0 Å². The predicted molar refractivity (Wildman–Crippen MR) is 90.2 cm³/mol. The van der Waals surface area contributed by atoms with Gasteiger partial charge in [0, 0.05) is 6.20 Å². The first-order valence-electron chi connectivity index (χ1n) is 8.18. The number of rotatable bonds is 5. The molecule has 0 fully saturated rings. The fourth-order valence-electron chi connectivity index (χ4n) is 2.82. The molecule has 1 aliphatic heterocycles. The quantitative estimate of drug-likeness (QED) is 0.725. The molecule has 0 saturated heterocycles. The number of ether oxygens (including phenoxy) is 2. The summed E-state index contributed by atoms with van der Waals surface area (Å²) in [5.74, 6) is 1.59. The van der Waals surface area contributed by atoms with E-state index in [1.54, 1.807) is 0 Å². The summed E-state index contributed by atoms with van der Waals surface area (Å²) in [7, 11) is 0. The van der Waals surface area contributed by atoms with Crippen molar-refractivity contribution in [3.05, 3.63) is 72.1 Å². The van der Waals surface area contributed by atoms with E-state index in [-0.39, 0.29) is 6.10 Å². The zero-order valence-electron chi connectivity index (χ0n) is 13.3. The standard InChI is InChI=1S/C19H19N3O2/c1-2-6-15(7-3-1)10-11-16-12-22(21-20-16)13-17-14-23-18-8-4-5-9-19(18)24-17/h1-9,12,17H,10-11,13-14H2/t17-/m0/s1. The molecule has 0 radical (unpaired) electrons. The van der Waals surface area contributed by atoms with Gasteiger partial charge in [-0.2, -0.15) is 0 Å². The first-order valence-corrected chi connectivity index (χ1v) is 8.18. The molecule has 1 aliphatic rings. The molecule has 2 aromatic carbocycles. The van der Waals surface area contributed by atoms with Crippen molar-refractivity contribution in [1.82, 2.24) is 15.0 Å². The van der Waals surface area contributed by atoms with Crippen LogP contribution in [0.2, 0.25) is 0 Å². The highest BCUT2D eigenvalue weighted by molar-refractivity contribution is 5.40. The van der Waals surface area contributed by atoms with Gasteiger partial charge in [-0.15, -0.1) is 5.10 Å². The molecule has 1 aromatic heterocycles. The van der Waals surface area contributed by atoms with E-state index in [0.29, 0.717) is 13.2 Å². The Hall–Kier alpha value is -2.82. The maximum Gasteiger partial charge on any atom is 0.161 e. The lowest BCUT2D eigenvalue weighted by molar-refractivity contribution is 0.0755. The first kappa shape index (κ1) is 14.8. The van der Waals surface area contributed by atoms with Crippen molar-refractivity contribution in [2.24, 2.45) is 0 Å². The number of hydrogen-bond donors (Lipinski definition) is 0. The van der Waals surface area contributed by atoms with Gasteiger partial charge in [0.15, 0.2) is 17.6 Å². The van der Waals surface area contributed by atoms with Crippen LogP contribution in [0.4, 0.5) is 0 Å². The second kappa shape index (κ2) is 6.74. The van der Waals surface area contributed by atoms with Gasteiger partial charge in [-0.3, -0.25) is 0 Å². The minimum Gasteiger partial charge on any atom is -0.486 e. The van der Waals surface area contributed by atoms with Gasteiger partial charge in [-0.25, -0.2) is 4.68 Å². The molecule has 122 valence electrons. The van der Waals surface area contributed by atoms with Gasteiger partial charge in [0.1, 0.15) is 6.61 Å². The molecule has 0 N–H and O–H groups in total. The van der Waals surface area contributed by atoms with Gasteiger partial charge >= 0.3 is 0 Å². The van der Waals surface area contributed by atoms with E-state index in [1.165, 1.54) is 5.56 Å². The maximum atomic E-state index is 5.96. The Kier molecular flexibility index (Phi) is 4.14. The third-order valence-electron chi connectivity index (χ3n) is 4.06. The Bertz CT molecular complexity index is 801. The topological polar surface area (TPSA) is 49.2 Å². The number of hydrogen-bond acceptors (Lipinski definition) is 4. The molecule has 5 nitrogen and oxygen atoms in total. The molecule has 0 amide bonds. The van der Waals surface area contributed by atoms with Crippen molar-refractivity contribution < 1.29 is 9.47 Å². The lowest BCUT2D eigenvalue weighted by atomic mass is 10.1. The molecular formula is C19H19N3O2. The van der Waals surface area contributed by atoms with Crippen LogP contribution in [0.15, 0.2) is 60.8 Å². The molecule has 1 atom stereocenters. The zero-order chi connectivity index (χ0) is 16.2. The van der Waals surface area contributed by atoms with Crippen molar-refractivity contribution in [1.29, 1.82) is 0 Å². The van der Waals surface area contributed by atoms with Crippen LogP contribution in [0.1, 0.15) is 11.3 Å². The summed E-state index contributed by atoms with van der Waals surface area (Å²) in [4.78, 5) is 0. The Labute approximate surface area is 140 Å². The smallest absolute Gasteiger partial charge is 0.161 e. The number of nitrogens with zero attached hydrogens (tertiary/aromatic N) is 3. The van der Waals surface area contributed by atoms with E-state index in [9.17, 15) is 0 Å². The summed E-state index contributed by atoms with van der Waals surface area (Å²) in [6, 6.07) is 18.2. The molecule has 0 aliphatic carbocycles. The molecule has 0 spiro atoms. The Morgan fingerprint density at radius 1 is 0.958 bits per heavy atom. The molecule has 2 heterocycles. The van der Waals surface area contributed by atoms with Crippen molar-refractivity contribution in [2.45, 2.75) is 25.5 Å². The highest BCUT2D eigenvalue weighted by Gasteiger charge is 2.21. The SMILES string of the molecule is c1ccc(CCc2cn(C[C@H]3COc4ccccc4O3)nn2)cc1. The fourth-order valence-corrected chi connectivity index (χ4v) is 2.82. The number of benzene rings is 2. The molecular weight excluding hydrogens is 302 g/mol. The number of aromatic nitrogens is 3. The molecule has 24 heavy (non-hydrogen) atoms. The second-order valence-corrected chi connectivity index (χ2v) is 5.92. The second-order valence-electron chi connectivity index (χ2n) is 5.92. The van der Waals surface area contributed by atoms with Gasteiger partial charge in [-0.05, 0) is 30.5 Å². The molecule has 0 saturated carbocycles. The van der Waals surface area contributed by atoms with Crippen molar-refractivity contribution in [2.75, 3.05) is 6.61 Å². The van der Waals surface area contributed by atoms with Crippen molar-refractivity contribution in [3.63, 3.8) is 0 Å². The minimum atomic E-state index is -0.0522. The van der Waals surface area contributed by atoms with Crippen LogP contribution in [0.3, 0.4) is 0 Å². The van der Waals surface area contributed by atoms with E-state index in [0.717, 1.165) is 30.0 Å². The van der Waals surface area contributed by atoms with Crippen LogP contribution < -0.4 is 9.47 Å². The third kappa shape index (κ3) is 3.40. The van der Waals surface area contributed by atoms with E-state index < -0.39 is 0 Å². The highest BCUT2D eigenvalue weighted by atomic mass is 16.6. The Balaban J connectivity index is 1.34. The summed E-state index contributed by atoms with van der Waals surface area (Å²) in [5, 5.41) is 8.47. The van der Waals surface area contributed by atoms with E-state index in [4.69, 9.17) is 9.47 Å². The summed E-state index contributed by atoms with van der Waals surface area (Å²) in [6.07, 6.45) is 3.79. The fraction of sp³-hybridized carbons (Fsp3) is 0.263. The van der Waals surface area contributed by atoms with E-state index in [2.05, 4.69) is 34.6 Å². The summed E-state index contributed by atoms with van der Waals surface area (Å²) in [6.45, 7) is 1.16. The molecule has 0 bridgehead atoms. The number of fused-ring (bicyclic) bond motifs is 1. The monoisotopic (exact) mass is 321 g/mol. The molecule has 5 heteroatoms. The molecule has 3 aromatic rings. The van der Waals surface area contributed by atoms with Gasteiger partial charge < -0.3 is 9.47 Å². The first-order chi connectivity index (χ1) is 11.9. The Morgan fingerprint density at radius 2 is 1.75 bits per heavy atom. The highest BCUT2D eigenvalue weighted by Crippen LogP contribution is 2.31. The number of aryl methyl sites for hydroxylation is 2. The van der Waals surface area contributed by atoms with Crippen LogP contribution >= 0.6 is 0 Å². The van der Waals surface area contributed by atoms with Crippen LogP contribution in [-0.2, 0) is 19.4 Å². The third-order valence-corrected chi connectivity index (χ3v) is 4.06.